The molecule has 44 heavy (non-hydrogen) atoms. The highest BCUT2D eigenvalue weighted by atomic mass is 35.5. The van der Waals surface area contributed by atoms with Gasteiger partial charge in [-0.25, -0.2) is 8.42 Å². The highest BCUT2D eigenvalue weighted by Crippen LogP contribution is 2.45. The summed E-state index contributed by atoms with van der Waals surface area (Å²) in [6.07, 6.45) is 0. The van der Waals surface area contributed by atoms with E-state index in [2.05, 4.69) is 10.0 Å². The van der Waals surface area contributed by atoms with Crippen molar-refractivity contribution in [3.05, 3.63) is 63.5 Å². The first kappa shape index (κ1) is 32.7. The predicted octanol–water partition coefficient (Wildman–Crippen LogP) is 5.17. The average Bonchev–Trinajstić information content (AvgIpc) is 3.36. The third kappa shape index (κ3) is 5.85. The lowest BCUT2D eigenvalue weighted by atomic mass is 9.70. The van der Waals surface area contributed by atoms with Crippen molar-refractivity contribution in [1.82, 2.24) is 19.8 Å². The Kier molecular flexibility index (Phi) is 8.61. The largest absolute Gasteiger partial charge is 0.339 e. The van der Waals surface area contributed by atoms with E-state index < -0.39 is 33.1 Å². The lowest BCUT2D eigenvalue weighted by molar-refractivity contribution is -0.208. The molecule has 0 bridgehead atoms. The summed E-state index contributed by atoms with van der Waals surface area (Å²) in [5.41, 5.74) is -1.20. The number of sulfonamides is 1. The van der Waals surface area contributed by atoms with Crippen LogP contribution in [0.4, 0.5) is 0 Å². The average molecular weight is 680 g/mol. The number of fused-ring (bicyclic) bond motifs is 2. The Labute approximate surface area is 271 Å². The number of rotatable bonds is 8. The Bertz CT molecular complexity index is 1720. The molecule has 2 aliphatic rings. The van der Waals surface area contributed by atoms with Gasteiger partial charge in [-0.15, -0.1) is 11.3 Å². The number of nitrogens with one attached hydrogen (secondary N) is 2. The van der Waals surface area contributed by atoms with Gasteiger partial charge in [0.05, 0.1) is 21.5 Å². The van der Waals surface area contributed by atoms with Gasteiger partial charge in [0.25, 0.3) is 5.91 Å². The SMILES string of the molecule is CC(C)[C@H](NS(=O)(=O)c1ccc(Cl)cc1Cl)C(=O)N1CC2(C)[C@H]1CN2C(=O)C(NC(=O)c1cc2ccccc2s1)C(C)(C)C. The van der Waals surface area contributed by atoms with Crippen LogP contribution in [0.15, 0.2) is 53.4 Å². The molecule has 0 saturated carbocycles. The predicted molar refractivity (Wildman–Crippen MR) is 174 cm³/mol. The fourth-order valence-electron chi connectivity index (χ4n) is 5.86. The quantitative estimate of drug-likeness (QED) is 0.341. The molecule has 9 nitrogen and oxygen atoms in total. The number of likely N-dealkylation sites (tertiary alicyclic amines) is 2. The molecule has 0 spiro atoms. The maximum Gasteiger partial charge on any atom is 0.262 e. The number of benzene rings is 2. The number of hydrogen-bond donors (Lipinski definition) is 2. The van der Waals surface area contributed by atoms with Crippen LogP contribution in [0.3, 0.4) is 0 Å². The second kappa shape index (κ2) is 11.6. The second-order valence-electron chi connectivity index (χ2n) is 13.1. The van der Waals surface area contributed by atoms with E-state index in [4.69, 9.17) is 23.2 Å². The molecule has 0 radical (unpaired) electrons. The van der Waals surface area contributed by atoms with Crippen molar-refractivity contribution < 1.29 is 22.8 Å². The van der Waals surface area contributed by atoms with Crippen molar-refractivity contribution in [2.24, 2.45) is 11.3 Å². The van der Waals surface area contributed by atoms with E-state index in [9.17, 15) is 22.8 Å². The maximum absolute atomic E-state index is 13.9. The summed E-state index contributed by atoms with van der Waals surface area (Å²) in [5.74, 6) is -1.24. The molecule has 5 rings (SSSR count). The van der Waals surface area contributed by atoms with Crippen LogP contribution in [0, 0.1) is 11.3 Å². The van der Waals surface area contributed by atoms with E-state index in [1.807, 2.05) is 58.0 Å². The topological polar surface area (TPSA) is 116 Å². The first-order valence-corrected chi connectivity index (χ1v) is 17.4. The van der Waals surface area contributed by atoms with Crippen LogP contribution in [0.25, 0.3) is 10.1 Å². The van der Waals surface area contributed by atoms with Gasteiger partial charge in [-0.3, -0.25) is 14.4 Å². The Morgan fingerprint density at radius 2 is 1.73 bits per heavy atom. The van der Waals surface area contributed by atoms with Gasteiger partial charge in [0.1, 0.15) is 17.0 Å². The molecule has 0 aliphatic carbocycles. The smallest absolute Gasteiger partial charge is 0.262 e. The minimum atomic E-state index is -4.13. The second-order valence-corrected chi connectivity index (χ2v) is 16.7. The molecule has 2 unspecified atom stereocenters. The monoisotopic (exact) mass is 678 g/mol. The molecule has 2 aliphatic heterocycles. The number of halogens is 2. The molecule has 4 atom stereocenters. The van der Waals surface area contributed by atoms with Crippen LogP contribution in [0.2, 0.25) is 10.0 Å². The number of nitrogens with zero attached hydrogens (tertiary/aromatic N) is 2. The Morgan fingerprint density at radius 3 is 2.30 bits per heavy atom. The van der Waals surface area contributed by atoms with E-state index in [1.54, 1.807) is 23.6 Å². The van der Waals surface area contributed by atoms with Crippen LogP contribution in [0.5, 0.6) is 0 Å². The molecule has 2 N–H and O–H groups in total. The highest BCUT2D eigenvalue weighted by molar-refractivity contribution is 7.89. The van der Waals surface area contributed by atoms with Crippen molar-refractivity contribution in [2.45, 2.75) is 70.1 Å². The Balaban J connectivity index is 1.28. The summed E-state index contributed by atoms with van der Waals surface area (Å²) in [4.78, 5) is 44.6. The molecular formula is C31H36Cl2N4O5S2. The van der Waals surface area contributed by atoms with Crippen molar-refractivity contribution >= 4 is 72.4 Å². The van der Waals surface area contributed by atoms with Gasteiger partial charge in [-0.1, -0.05) is 76.0 Å². The lowest BCUT2D eigenvalue weighted by Crippen LogP contribution is -2.89. The zero-order chi connectivity index (χ0) is 32.4. The zero-order valence-corrected chi connectivity index (χ0v) is 28.5. The van der Waals surface area contributed by atoms with Gasteiger partial charge in [-0.05, 0) is 54.0 Å². The van der Waals surface area contributed by atoms with E-state index in [-0.39, 0.29) is 52.7 Å². The number of hydrogen-bond acceptors (Lipinski definition) is 6. The molecule has 2 aromatic carbocycles. The fraction of sp³-hybridized carbons (Fsp3) is 0.452. The number of amides is 3. The normalized spacial score (nSPS) is 21.3. The molecule has 2 fully saturated rings. The lowest BCUT2D eigenvalue weighted by Gasteiger charge is -2.70. The summed E-state index contributed by atoms with van der Waals surface area (Å²) in [5, 5.41) is 4.20. The van der Waals surface area contributed by atoms with Crippen molar-refractivity contribution in [3.8, 4) is 0 Å². The minimum absolute atomic E-state index is 0.0440. The van der Waals surface area contributed by atoms with Gasteiger partial charge in [0, 0.05) is 22.8 Å². The van der Waals surface area contributed by atoms with E-state index in [0.29, 0.717) is 9.90 Å². The number of carbonyl (C=O) groups excluding carboxylic acids is 3. The summed E-state index contributed by atoms with van der Waals surface area (Å²) >= 11 is 13.5. The number of thiophene rings is 1. The van der Waals surface area contributed by atoms with Gasteiger partial charge < -0.3 is 15.1 Å². The minimum Gasteiger partial charge on any atom is -0.339 e. The van der Waals surface area contributed by atoms with Gasteiger partial charge >= 0.3 is 0 Å². The molecule has 3 aromatic rings. The molecule has 13 heteroatoms. The van der Waals surface area contributed by atoms with E-state index >= 15 is 0 Å². The van der Waals surface area contributed by atoms with Gasteiger partial charge in [0.15, 0.2) is 0 Å². The number of piperazine rings is 1. The Morgan fingerprint density at radius 1 is 1.05 bits per heavy atom. The summed E-state index contributed by atoms with van der Waals surface area (Å²) in [7, 11) is -4.13. The number of carbonyl (C=O) groups is 3. The van der Waals surface area contributed by atoms with E-state index in [0.717, 1.165) is 10.1 Å². The van der Waals surface area contributed by atoms with Crippen molar-refractivity contribution in [1.29, 1.82) is 0 Å². The Hall–Kier alpha value is -2.70. The molecular weight excluding hydrogens is 643 g/mol. The van der Waals surface area contributed by atoms with Gasteiger partial charge in [-0.2, -0.15) is 4.72 Å². The zero-order valence-electron chi connectivity index (χ0n) is 25.4. The standard InChI is InChI=1S/C31H36Cl2N4O5S2/c1-17(2)25(35-44(41,42)23-12-11-19(32)14-20(23)33)28(39)36-16-31(6)24(36)15-37(31)29(40)26(30(3,4)5)34-27(38)22-13-18-9-7-8-10-21(18)43-22/h7-14,17,24-26,35H,15-16H2,1-6H3,(H,34,38)/t24-,25+,26?,31?/m1/s1. The summed E-state index contributed by atoms with van der Waals surface area (Å²) in [6, 6.07) is 11.5. The van der Waals surface area contributed by atoms with Crippen molar-refractivity contribution in [2.75, 3.05) is 13.1 Å². The molecule has 3 amide bonds. The molecule has 3 heterocycles. The van der Waals surface area contributed by atoms with Crippen LogP contribution < -0.4 is 10.0 Å². The molecule has 236 valence electrons. The summed E-state index contributed by atoms with van der Waals surface area (Å²) in [6.45, 7) is 11.7. The van der Waals surface area contributed by atoms with Crippen LogP contribution in [-0.4, -0.2) is 72.7 Å². The molecule has 1 aromatic heterocycles. The van der Waals surface area contributed by atoms with Crippen LogP contribution in [0.1, 0.15) is 51.2 Å². The highest BCUT2D eigenvalue weighted by Gasteiger charge is 2.66. The maximum atomic E-state index is 13.9. The fourth-order valence-corrected chi connectivity index (χ4v) is 8.94. The molecule has 2 saturated heterocycles. The third-order valence-corrected chi connectivity index (χ3v) is 11.8. The summed E-state index contributed by atoms with van der Waals surface area (Å²) < 4.78 is 29.9. The van der Waals surface area contributed by atoms with E-state index in [1.165, 1.54) is 29.5 Å². The van der Waals surface area contributed by atoms with Crippen LogP contribution in [-0.2, 0) is 19.6 Å². The van der Waals surface area contributed by atoms with Crippen LogP contribution >= 0.6 is 34.5 Å². The first-order valence-electron chi connectivity index (χ1n) is 14.3. The van der Waals surface area contributed by atoms with Gasteiger partial charge in [0.2, 0.25) is 21.8 Å². The first-order chi connectivity index (χ1) is 20.4. The third-order valence-electron chi connectivity index (χ3n) is 8.54. The van der Waals surface area contributed by atoms with Crippen molar-refractivity contribution in [3.63, 3.8) is 0 Å².